The fraction of sp³-hybridized carbons (Fsp3) is 0.467. The monoisotopic (exact) mass is 308 g/mol. The Morgan fingerprint density at radius 1 is 1.33 bits per heavy atom. The molecule has 0 fully saturated rings. The SMILES string of the molecule is CC(c1ccc(Cl)cc1)N(C)Cc1nc(C(C)(C)N)no1. The van der Waals surface area contributed by atoms with Crippen LogP contribution in [0.4, 0.5) is 0 Å². The molecule has 5 nitrogen and oxygen atoms in total. The van der Waals surface area contributed by atoms with E-state index in [-0.39, 0.29) is 6.04 Å². The van der Waals surface area contributed by atoms with Gasteiger partial charge in [-0.15, -0.1) is 0 Å². The molecular formula is C15H21ClN4O. The lowest BCUT2D eigenvalue weighted by Crippen LogP contribution is -2.30. The van der Waals surface area contributed by atoms with Crippen LogP contribution >= 0.6 is 11.6 Å². The highest BCUT2D eigenvalue weighted by Gasteiger charge is 2.22. The highest BCUT2D eigenvalue weighted by molar-refractivity contribution is 6.30. The van der Waals surface area contributed by atoms with Crippen LogP contribution in [-0.4, -0.2) is 22.1 Å². The minimum atomic E-state index is -0.595. The van der Waals surface area contributed by atoms with E-state index in [1.807, 2.05) is 45.2 Å². The largest absolute Gasteiger partial charge is 0.338 e. The van der Waals surface area contributed by atoms with Gasteiger partial charge in [0.25, 0.3) is 0 Å². The van der Waals surface area contributed by atoms with Gasteiger partial charge in [-0.1, -0.05) is 28.9 Å². The minimum Gasteiger partial charge on any atom is -0.338 e. The van der Waals surface area contributed by atoms with Crippen molar-refractivity contribution < 1.29 is 4.52 Å². The second kappa shape index (κ2) is 6.13. The first-order chi connectivity index (χ1) is 9.77. The average molecular weight is 309 g/mol. The van der Waals surface area contributed by atoms with Gasteiger partial charge >= 0.3 is 0 Å². The Bertz CT molecular complexity index is 588. The topological polar surface area (TPSA) is 68.2 Å². The molecule has 1 heterocycles. The summed E-state index contributed by atoms with van der Waals surface area (Å²) in [6.45, 7) is 6.38. The van der Waals surface area contributed by atoms with Gasteiger partial charge in [-0.25, -0.2) is 0 Å². The first kappa shape index (κ1) is 15.9. The quantitative estimate of drug-likeness (QED) is 0.919. The Morgan fingerprint density at radius 2 is 1.95 bits per heavy atom. The molecule has 0 saturated heterocycles. The van der Waals surface area contributed by atoms with Gasteiger partial charge in [0, 0.05) is 11.1 Å². The summed E-state index contributed by atoms with van der Waals surface area (Å²) in [7, 11) is 2.01. The van der Waals surface area contributed by atoms with Crippen molar-refractivity contribution in [2.24, 2.45) is 5.73 Å². The molecule has 0 aliphatic heterocycles. The van der Waals surface area contributed by atoms with E-state index < -0.39 is 5.54 Å². The standard InChI is InChI=1S/C15H21ClN4O/c1-10(11-5-7-12(16)8-6-11)20(4)9-13-18-14(19-21-13)15(2,3)17/h5-8,10H,9,17H2,1-4H3. The van der Waals surface area contributed by atoms with Crippen molar-refractivity contribution in [1.29, 1.82) is 0 Å². The Balaban J connectivity index is 2.05. The summed E-state index contributed by atoms with van der Waals surface area (Å²) < 4.78 is 5.26. The number of benzene rings is 1. The first-order valence-corrected chi connectivity index (χ1v) is 7.23. The molecular weight excluding hydrogens is 288 g/mol. The molecule has 0 saturated carbocycles. The maximum absolute atomic E-state index is 5.95. The summed E-state index contributed by atoms with van der Waals surface area (Å²) in [6.07, 6.45) is 0. The Labute approximate surface area is 130 Å². The molecule has 6 heteroatoms. The molecule has 0 amide bonds. The van der Waals surface area contributed by atoms with Crippen LogP contribution < -0.4 is 5.73 Å². The molecule has 1 unspecified atom stereocenters. The summed E-state index contributed by atoms with van der Waals surface area (Å²) in [5.74, 6) is 1.08. The van der Waals surface area contributed by atoms with Gasteiger partial charge in [-0.05, 0) is 45.5 Å². The van der Waals surface area contributed by atoms with E-state index in [0.717, 1.165) is 5.02 Å². The number of hydrogen-bond donors (Lipinski definition) is 1. The van der Waals surface area contributed by atoms with Gasteiger partial charge in [0.15, 0.2) is 5.82 Å². The molecule has 2 aromatic rings. The lowest BCUT2D eigenvalue weighted by molar-refractivity contribution is 0.216. The lowest BCUT2D eigenvalue weighted by atomic mass is 10.1. The second-order valence-corrected chi connectivity index (χ2v) is 6.31. The highest BCUT2D eigenvalue weighted by atomic mass is 35.5. The van der Waals surface area contributed by atoms with E-state index >= 15 is 0 Å². The second-order valence-electron chi connectivity index (χ2n) is 5.88. The average Bonchev–Trinajstić information content (AvgIpc) is 2.87. The fourth-order valence-electron chi connectivity index (χ4n) is 1.93. The van der Waals surface area contributed by atoms with E-state index in [1.165, 1.54) is 5.56 Å². The van der Waals surface area contributed by atoms with Crippen LogP contribution in [0.2, 0.25) is 5.02 Å². The number of rotatable bonds is 5. The zero-order valence-corrected chi connectivity index (χ0v) is 13.6. The predicted molar refractivity (Wildman–Crippen MR) is 82.8 cm³/mol. The number of aromatic nitrogens is 2. The molecule has 1 atom stereocenters. The zero-order chi connectivity index (χ0) is 15.6. The maximum Gasteiger partial charge on any atom is 0.240 e. The number of nitrogens with zero attached hydrogens (tertiary/aromatic N) is 3. The van der Waals surface area contributed by atoms with Gasteiger partial charge in [-0.3, -0.25) is 4.90 Å². The van der Waals surface area contributed by atoms with Crippen LogP contribution in [0.5, 0.6) is 0 Å². The highest BCUT2D eigenvalue weighted by Crippen LogP contribution is 2.22. The minimum absolute atomic E-state index is 0.212. The van der Waals surface area contributed by atoms with Crippen LogP contribution in [0.25, 0.3) is 0 Å². The molecule has 1 aromatic carbocycles. The number of hydrogen-bond acceptors (Lipinski definition) is 5. The van der Waals surface area contributed by atoms with Crippen LogP contribution in [0.3, 0.4) is 0 Å². The van der Waals surface area contributed by atoms with Crippen molar-refractivity contribution in [2.75, 3.05) is 7.05 Å². The van der Waals surface area contributed by atoms with E-state index in [2.05, 4.69) is 22.0 Å². The smallest absolute Gasteiger partial charge is 0.240 e. The van der Waals surface area contributed by atoms with Crippen LogP contribution in [0.15, 0.2) is 28.8 Å². The summed E-state index contributed by atoms with van der Waals surface area (Å²) in [5, 5.41) is 4.67. The third kappa shape index (κ3) is 4.03. The van der Waals surface area contributed by atoms with Crippen molar-refractivity contribution in [3.63, 3.8) is 0 Å². The summed E-state index contributed by atoms with van der Waals surface area (Å²) >= 11 is 5.91. The summed E-state index contributed by atoms with van der Waals surface area (Å²) in [5.41, 5.74) is 6.54. The van der Waals surface area contributed by atoms with Crippen molar-refractivity contribution in [2.45, 2.75) is 38.9 Å². The molecule has 0 bridgehead atoms. The molecule has 2 rings (SSSR count). The third-order valence-corrected chi connectivity index (χ3v) is 3.69. The molecule has 21 heavy (non-hydrogen) atoms. The number of nitrogens with two attached hydrogens (primary N) is 1. The maximum atomic E-state index is 5.95. The van der Waals surface area contributed by atoms with Crippen molar-refractivity contribution >= 4 is 11.6 Å². The molecule has 0 spiro atoms. The molecule has 0 radical (unpaired) electrons. The molecule has 1 aromatic heterocycles. The molecule has 114 valence electrons. The lowest BCUT2D eigenvalue weighted by Gasteiger charge is -2.23. The number of halogens is 1. The molecule has 2 N–H and O–H groups in total. The zero-order valence-electron chi connectivity index (χ0n) is 12.8. The van der Waals surface area contributed by atoms with Gasteiger partial charge in [0.1, 0.15) is 0 Å². The summed E-state index contributed by atoms with van der Waals surface area (Å²) in [4.78, 5) is 6.48. The van der Waals surface area contributed by atoms with Gasteiger partial charge in [-0.2, -0.15) is 4.98 Å². The van der Waals surface area contributed by atoms with Gasteiger partial charge < -0.3 is 10.3 Å². The summed E-state index contributed by atoms with van der Waals surface area (Å²) in [6, 6.07) is 8.03. The Hall–Kier alpha value is -1.43. The van der Waals surface area contributed by atoms with Gasteiger partial charge in [0.2, 0.25) is 5.89 Å². The van der Waals surface area contributed by atoms with Crippen molar-refractivity contribution in [3.8, 4) is 0 Å². The van der Waals surface area contributed by atoms with E-state index in [1.54, 1.807) is 0 Å². The van der Waals surface area contributed by atoms with E-state index in [4.69, 9.17) is 21.9 Å². The Morgan fingerprint density at radius 3 is 2.48 bits per heavy atom. The van der Waals surface area contributed by atoms with E-state index in [0.29, 0.717) is 18.3 Å². The third-order valence-electron chi connectivity index (χ3n) is 3.44. The fourth-order valence-corrected chi connectivity index (χ4v) is 2.05. The van der Waals surface area contributed by atoms with Crippen LogP contribution in [0, 0.1) is 0 Å². The Kier molecular flexibility index (Phi) is 4.66. The van der Waals surface area contributed by atoms with Crippen molar-refractivity contribution in [1.82, 2.24) is 15.0 Å². The normalized spacial score (nSPS) is 13.7. The predicted octanol–water partition coefficient (Wildman–Crippen LogP) is 3.11. The first-order valence-electron chi connectivity index (χ1n) is 6.85. The van der Waals surface area contributed by atoms with Crippen LogP contribution in [-0.2, 0) is 12.1 Å². The van der Waals surface area contributed by atoms with Crippen LogP contribution in [0.1, 0.15) is 44.1 Å². The van der Waals surface area contributed by atoms with Gasteiger partial charge in [0.05, 0.1) is 12.1 Å². The molecule has 0 aliphatic rings. The van der Waals surface area contributed by atoms with Crippen molar-refractivity contribution in [3.05, 3.63) is 46.6 Å². The molecule has 0 aliphatic carbocycles. The van der Waals surface area contributed by atoms with E-state index in [9.17, 15) is 0 Å².